The maximum atomic E-state index is 12.3. The molecule has 1 aliphatic heterocycles. The Balaban J connectivity index is 1.89. The Morgan fingerprint density at radius 1 is 1.28 bits per heavy atom. The van der Waals surface area contributed by atoms with Crippen molar-refractivity contribution in [2.45, 2.75) is 6.04 Å². The van der Waals surface area contributed by atoms with Gasteiger partial charge in [0, 0.05) is 11.1 Å². The van der Waals surface area contributed by atoms with Gasteiger partial charge in [0.2, 0.25) is 0 Å². The first kappa shape index (κ1) is 18.5. The van der Waals surface area contributed by atoms with Crippen molar-refractivity contribution in [1.29, 1.82) is 0 Å². The average Bonchev–Trinajstić information content (AvgIpc) is 3.05. The van der Waals surface area contributed by atoms with Crippen molar-refractivity contribution in [1.82, 2.24) is 0 Å². The Hall–Kier alpha value is -1.25. The van der Waals surface area contributed by atoms with Gasteiger partial charge >= 0.3 is 0 Å². The zero-order chi connectivity index (χ0) is 18.0. The number of aromatic hydroxyl groups is 1. The molecule has 1 aliphatic rings. The molecule has 130 valence electrons. The number of halogens is 3. The van der Waals surface area contributed by atoms with E-state index in [1.54, 1.807) is 12.1 Å². The minimum absolute atomic E-state index is 0.0752. The quantitative estimate of drug-likeness (QED) is 0.637. The van der Waals surface area contributed by atoms with Crippen LogP contribution in [0.25, 0.3) is 0 Å². The predicted octanol–water partition coefficient (Wildman–Crippen LogP) is 5.22. The van der Waals surface area contributed by atoms with Gasteiger partial charge in [0.15, 0.2) is 14.3 Å². The number of carbonyl (C=O) groups is 1. The molecule has 0 bridgehead atoms. The minimum atomic E-state index is -1.21. The highest BCUT2D eigenvalue weighted by atomic mass is 79.9. The third-order valence-electron chi connectivity index (χ3n) is 3.44. The van der Waals surface area contributed by atoms with E-state index in [0.717, 1.165) is 10.5 Å². The maximum absolute atomic E-state index is 12.3. The SMILES string of the molecule is O=C(/N=[Si]1\CCOC1)c1cc(Oc2c(Cl)cc(Br)cc2Cl)ccc1O. The lowest BCUT2D eigenvalue weighted by Crippen LogP contribution is -2.06. The van der Waals surface area contributed by atoms with E-state index >= 15 is 0 Å². The second kappa shape index (κ2) is 7.97. The molecular weight excluding hydrogens is 449 g/mol. The molecule has 0 saturated carbocycles. The van der Waals surface area contributed by atoms with Crippen LogP contribution >= 0.6 is 39.1 Å². The van der Waals surface area contributed by atoms with E-state index < -0.39 is 14.5 Å². The van der Waals surface area contributed by atoms with Crippen LogP contribution in [0.1, 0.15) is 10.4 Å². The van der Waals surface area contributed by atoms with Crippen molar-refractivity contribution in [2.75, 3.05) is 12.8 Å². The zero-order valence-electron chi connectivity index (χ0n) is 12.8. The summed E-state index contributed by atoms with van der Waals surface area (Å²) in [6, 6.07) is 8.41. The van der Waals surface area contributed by atoms with Gasteiger partial charge in [-0.25, -0.2) is 0 Å². The molecule has 2 aromatic rings. The summed E-state index contributed by atoms with van der Waals surface area (Å²) < 4.78 is 15.8. The van der Waals surface area contributed by atoms with Gasteiger partial charge in [-0.2, -0.15) is 0 Å². The van der Waals surface area contributed by atoms with Gasteiger partial charge in [-0.3, -0.25) is 9.43 Å². The monoisotopic (exact) mass is 459 g/mol. The maximum Gasteiger partial charge on any atom is 0.271 e. The molecular formula is C16H12BrCl2NO4Si. The number of hydrogen-bond donors (Lipinski definition) is 1. The van der Waals surface area contributed by atoms with Crippen molar-refractivity contribution in [3.8, 4) is 17.2 Å². The highest BCUT2D eigenvalue weighted by Crippen LogP contribution is 2.39. The average molecular weight is 461 g/mol. The van der Waals surface area contributed by atoms with E-state index in [0.29, 0.717) is 28.6 Å². The van der Waals surface area contributed by atoms with E-state index in [1.807, 2.05) is 0 Å². The summed E-state index contributed by atoms with van der Waals surface area (Å²) in [6.07, 6.45) is 0.511. The van der Waals surface area contributed by atoms with E-state index in [4.69, 9.17) is 32.7 Å². The summed E-state index contributed by atoms with van der Waals surface area (Å²) in [5, 5.41) is 10.6. The standard InChI is InChI=1S/C16H12BrCl2NO4Si/c17-9-5-12(18)15(13(19)6-9)24-10-1-2-14(21)11(7-10)16(22)20-25-4-3-23-8-25/h1-2,5-7,21H,3-4,8H2/b25-20+. The fraction of sp³-hybridized carbons (Fsp3) is 0.188. The van der Waals surface area contributed by atoms with Gasteiger partial charge in [0.25, 0.3) is 5.91 Å². The number of amides is 1. The number of benzene rings is 2. The second-order valence-corrected chi connectivity index (χ2v) is 9.14. The topological polar surface area (TPSA) is 68.1 Å². The van der Waals surface area contributed by atoms with Crippen LogP contribution in [-0.2, 0) is 4.74 Å². The van der Waals surface area contributed by atoms with E-state index in [2.05, 4.69) is 20.6 Å². The molecule has 5 nitrogen and oxygen atoms in total. The molecule has 2 aromatic carbocycles. The lowest BCUT2D eigenvalue weighted by atomic mass is 10.2. The first-order chi connectivity index (χ1) is 11.9. The Labute approximate surface area is 163 Å². The van der Waals surface area contributed by atoms with Crippen molar-refractivity contribution in [3.63, 3.8) is 0 Å². The molecule has 0 unspecified atom stereocenters. The van der Waals surface area contributed by atoms with Gasteiger partial charge < -0.3 is 14.6 Å². The van der Waals surface area contributed by atoms with Gasteiger partial charge in [-0.05, 0) is 36.4 Å². The Morgan fingerprint density at radius 3 is 2.64 bits per heavy atom. The third kappa shape index (κ3) is 4.48. The number of nitrogens with zero attached hydrogens (tertiary/aromatic N) is 1. The molecule has 0 aromatic heterocycles. The molecule has 0 spiro atoms. The van der Waals surface area contributed by atoms with Crippen LogP contribution in [-0.4, -0.2) is 32.4 Å². The van der Waals surface area contributed by atoms with Gasteiger partial charge in [-0.1, -0.05) is 39.1 Å². The van der Waals surface area contributed by atoms with Crippen LogP contribution in [0.2, 0.25) is 16.1 Å². The molecule has 25 heavy (non-hydrogen) atoms. The molecule has 1 N–H and O–H groups in total. The van der Waals surface area contributed by atoms with Crippen LogP contribution in [0.3, 0.4) is 0 Å². The number of carbonyl (C=O) groups excluding carboxylic acids is 1. The van der Waals surface area contributed by atoms with Gasteiger partial charge in [0.05, 0.1) is 21.8 Å². The predicted molar refractivity (Wildman–Crippen MR) is 100 cm³/mol. The molecule has 1 amide bonds. The van der Waals surface area contributed by atoms with E-state index in [1.165, 1.54) is 18.2 Å². The number of phenols is 1. The van der Waals surface area contributed by atoms with Crippen LogP contribution in [0.5, 0.6) is 17.2 Å². The number of rotatable bonds is 3. The highest BCUT2D eigenvalue weighted by molar-refractivity contribution is 9.10. The third-order valence-corrected chi connectivity index (χ3v) is 6.30. The largest absolute Gasteiger partial charge is 0.507 e. The second-order valence-electron chi connectivity index (χ2n) is 5.27. The summed E-state index contributed by atoms with van der Waals surface area (Å²) in [5.74, 6) is -0.0445. The first-order valence-electron chi connectivity index (χ1n) is 7.28. The Morgan fingerprint density at radius 2 is 2.00 bits per heavy atom. The van der Waals surface area contributed by atoms with Crippen LogP contribution in [0.4, 0.5) is 0 Å². The van der Waals surface area contributed by atoms with E-state index in [9.17, 15) is 9.90 Å². The van der Waals surface area contributed by atoms with Gasteiger partial charge in [-0.15, -0.1) is 0 Å². The molecule has 0 aliphatic carbocycles. The normalized spacial score (nSPS) is 15.6. The Bertz CT molecular complexity index is 844. The van der Waals surface area contributed by atoms with Crippen LogP contribution in [0, 0.1) is 0 Å². The first-order valence-corrected chi connectivity index (χ1v) is 10.7. The van der Waals surface area contributed by atoms with Crippen LogP contribution < -0.4 is 4.74 Å². The molecule has 1 saturated heterocycles. The molecule has 1 heterocycles. The lowest BCUT2D eigenvalue weighted by Gasteiger charge is -2.11. The van der Waals surface area contributed by atoms with Crippen LogP contribution in [0.15, 0.2) is 39.4 Å². The molecule has 0 atom stereocenters. The number of ether oxygens (including phenoxy) is 2. The number of phenolic OH excluding ortho intramolecular Hbond substituents is 1. The lowest BCUT2D eigenvalue weighted by molar-refractivity contribution is 0.100. The summed E-state index contributed by atoms with van der Waals surface area (Å²) in [4.78, 5) is 12.3. The van der Waals surface area contributed by atoms with E-state index in [-0.39, 0.29) is 17.1 Å². The van der Waals surface area contributed by atoms with Crippen molar-refractivity contribution >= 4 is 53.6 Å². The van der Waals surface area contributed by atoms with Gasteiger partial charge in [0.1, 0.15) is 11.5 Å². The molecule has 9 heteroatoms. The molecule has 3 rings (SSSR count). The summed E-state index contributed by atoms with van der Waals surface area (Å²) in [7, 11) is -1.21. The van der Waals surface area contributed by atoms with Crippen molar-refractivity contribution < 1.29 is 19.4 Å². The smallest absolute Gasteiger partial charge is 0.271 e. The zero-order valence-corrected chi connectivity index (χ0v) is 16.9. The van der Waals surface area contributed by atoms with Crippen molar-refractivity contribution in [3.05, 3.63) is 50.4 Å². The highest BCUT2D eigenvalue weighted by Gasteiger charge is 2.17. The fourth-order valence-electron chi connectivity index (χ4n) is 2.24. The summed E-state index contributed by atoms with van der Waals surface area (Å²) in [6.45, 7) is 0.626. The fourth-order valence-corrected chi connectivity index (χ4v) is 5.01. The minimum Gasteiger partial charge on any atom is -0.507 e. The summed E-state index contributed by atoms with van der Waals surface area (Å²) >= 11 is 15.6. The van der Waals surface area contributed by atoms with Crippen molar-refractivity contribution in [2.24, 2.45) is 4.63 Å². The molecule has 1 fully saturated rings. The molecule has 0 radical (unpaired) electrons. The Kier molecular flexibility index (Phi) is 5.91. The summed E-state index contributed by atoms with van der Waals surface area (Å²) in [5.41, 5.74) is 0.0752. The number of hydrogen-bond acceptors (Lipinski definition) is 4.